The van der Waals surface area contributed by atoms with Gasteiger partial charge in [0.05, 0.1) is 24.2 Å². The molecule has 0 aliphatic heterocycles. The molecular formula is C38H46N2O6. The molecule has 3 aromatic carbocycles. The summed E-state index contributed by atoms with van der Waals surface area (Å²) >= 11 is 0. The zero-order valence-corrected chi connectivity index (χ0v) is 27.3. The molecule has 0 saturated heterocycles. The maximum Gasteiger partial charge on any atom is 0.338 e. The maximum atomic E-state index is 12.1. The molecule has 3 rings (SSSR count). The van der Waals surface area contributed by atoms with Crippen LogP contribution in [0.5, 0.6) is 0 Å². The number of esters is 2. The van der Waals surface area contributed by atoms with Crippen LogP contribution >= 0.6 is 0 Å². The number of non-ortho nitro benzene ring substituents is 1. The second-order valence-electron chi connectivity index (χ2n) is 10.7. The molecule has 0 heterocycles. The number of ether oxygens (including phenoxy) is 2. The van der Waals surface area contributed by atoms with E-state index < -0.39 is 0 Å². The number of carbonyl (C=O) groups excluding carboxylic acids is 2. The Balaban J connectivity index is 0.000000942. The number of nitro groups is 1. The average molecular weight is 627 g/mol. The second-order valence-corrected chi connectivity index (χ2v) is 10.7. The summed E-state index contributed by atoms with van der Waals surface area (Å²) in [6, 6.07) is 24.4. The van der Waals surface area contributed by atoms with Crippen molar-refractivity contribution in [1.82, 2.24) is 0 Å². The lowest BCUT2D eigenvalue weighted by Crippen LogP contribution is -2.23. The van der Waals surface area contributed by atoms with E-state index in [-0.39, 0.29) is 22.5 Å². The van der Waals surface area contributed by atoms with Crippen LogP contribution < -0.4 is 4.90 Å². The molecule has 46 heavy (non-hydrogen) atoms. The third kappa shape index (κ3) is 13.8. The van der Waals surface area contributed by atoms with Gasteiger partial charge in [0.2, 0.25) is 0 Å². The first kappa shape index (κ1) is 37.2. The zero-order chi connectivity index (χ0) is 33.7. The smallest absolute Gasteiger partial charge is 0.338 e. The van der Waals surface area contributed by atoms with Crippen molar-refractivity contribution in [2.24, 2.45) is 0 Å². The van der Waals surface area contributed by atoms with Gasteiger partial charge in [0.15, 0.2) is 0 Å². The number of benzene rings is 3. The van der Waals surface area contributed by atoms with Gasteiger partial charge in [-0.1, -0.05) is 93.5 Å². The van der Waals surface area contributed by atoms with E-state index in [1.165, 1.54) is 37.8 Å². The van der Waals surface area contributed by atoms with Gasteiger partial charge in [-0.3, -0.25) is 10.1 Å². The summed E-state index contributed by atoms with van der Waals surface area (Å²) in [5.41, 5.74) is 4.96. The number of rotatable bonds is 17. The van der Waals surface area contributed by atoms with Crippen LogP contribution in [0.2, 0.25) is 0 Å². The Kier molecular flexibility index (Phi) is 16.9. The van der Waals surface area contributed by atoms with Crippen LogP contribution in [0, 0.1) is 10.1 Å². The summed E-state index contributed by atoms with van der Waals surface area (Å²) in [5.74, 6) is -0.686. The minimum Gasteiger partial charge on any atom is -0.466 e. The van der Waals surface area contributed by atoms with E-state index >= 15 is 0 Å². The van der Waals surface area contributed by atoms with Crippen molar-refractivity contribution >= 4 is 41.0 Å². The monoisotopic (exact) mass is 626 g/mol. The Morgan fingerprint density at radius 1 is 0.804 bits per heavy atom. The van der Waals surface area contributed by atoms with Crippen LogP contribution in [0.1, 0.15) is 69.1 Å². The first-order valence-corrected chi connectivity index (χ1v) is 15.6. The SMILES string of the molecule is C=C(C(=O)OCCCCCCCCN(CC)c1ccc(C=Cc2ccc([N+](=O)[O-])cc2)cc1)c1ccccc1.C=C(C)C(=O)OC. The lowest BCUT2D eigenvalue weighted by molar-refractivity contribution is -0.384. The number of anilines is 1. The lowest BCUT2D eigenvalue weighted by Gasteiger charge is -2.23. The fourth-order valence-electron chi connectivity index (χ4n) is 4.46. The van der Waals surface area contributed by atoms with Crippen molar-refractivity contribution in [3.8, 4) is 0 Å². The molecule has 0 bridgehead atoms. The highest BCUT2D eigenvalue weighted by molar-refractivity contribution is 6.15. The predicted octanol–water partition coefficient (Wildman–Crippen LogP) is 8.92. The molecule has 8 heteroatoms. The molecule has 0 N–H and O–H groups in total. The van der Waals surface area contributed by atoms with E-state index in [9.17, 15) is 19.7 Å². The lowest BCUT2D eigenvalue weighted by atomic mass is 10.1. The Labute approximate surface area is 273 Å². The number of methoxy groups -OCH3 is 1. The summed E-state index contributed by atoms with van der Waals surface area (Å²) in [4.78, 5) is 35.1. The highest BCUT2D eigenvalue weighted by Crippen LogP contribution is 2.19. The number of hydrogen-bond donors (Lipinski definition) is 0. The number of unbranched alkanes of at least 4 members (excludes halogenated alkanes) is 5. The quantitative estimate of drug-likeness (QED) is 0.0368. The van der Waals surface area contributed by atoms with Crippen molar-refractivity contribution in [3.63, 3.8) is 0 Å². The third-order valence-electron chi connectivity index (χ3n) is 7.17. The molecule has 0 atom stereocenters. The van der Waals surface area contributed by atoms with Gasteiger partial charge in [0.1, 0.15) is 0 Å². The first-order chi connectivity index (χ1) is 22.2. The zero-order valence-electron chi connectivity index (χ0n) is 27.3. The van der Waals surface area contributed by atoms with E-state index in [1.807, 2.05) is 42.5 Å². The number of nitrogens with zero attached hydrogens (tertiary/aromatic N) is 2. The molecule has 0 amide bonds. The molecule has 0 aliphatic rings. The van der Waals surface area contributed by atoms with Crippen molar-refractivity contribution in [1.29, 1.82) is 0 Å². The summed E-state index contributed by atoms with van der Waals surface area (Å²) in [6.45, 7) is 13.4. The minimum atomic E-state index is -0.390. The number of carbonyl (C=O) groups is 2. The van der Waals surface area contributed by atoms with Crippen molar-refractivity contribution < 1.29 is 24.0 Å². The minimum absolute atomic E-state index is 0.0977. The van der Waals surface area contributed by atoms with Gasteiger partial charge in [-0.05, 0) is 67.6 Å². The van der Waals surface area contributed by atoms with Gasteiger partial charge in [-0.15, -0.1) is 0 Å². The average Bonchev–Trinajstić information content (AvgIpc) is 3.08. The van der Waals surface area contributed by atoms with E-state index in [4.69, 9.17) is 4.74 Å². The van der Waals surface area contributed by atoms with Gasteiger partial charge in [0.25, 0.3) is 5.69 Å². The Morgan fingerprint density at radius 3 is 1.85 bits per heavy atom. The molecule has 244 valence electrons. The summed E-state index contributed by atoms with van der Waals surface area (Å²) in [7, 11) is 1.33. The summed E-state index contributed by atoms with van der Waals surface area (Å²) in [6.07, 6.45) is 10.5. The van der Waals surface area contributed by atoms with Crippen LogP contribution in [0.4, 0.5) is 11.4 Å². The molecule has 0 radical (unpaired) electrons. The molecule has 0 unspecified atom stereocenters. The van der Waals surface area contributed by atoms with E-state index in [0.717, 1.165) is 55.5 Å². The largest absolute Gasteiger partial charge is 0.466 e. The summed E-state index contributed by atoms with van der Waals surface area (Å²) < 4.78 is 9.64. The van der Waals surface area contributed by atoms with Crippen LogP contribution in [-0.4, -0.2) is 43.7 Å². The van der Waals surface area contributed by atoms with Gasteiger partial charge < -0.3 is 14.4 Å². The second kappa shape index (κ2) is 20.9. The number of hydrogen-bond acceptors (Lipinski definition) is 7. The molecular weight excluding hydrogens is 580 g/mol. The molecule has 0 fully saturated rings. The van der Waals surface area contributed by atoms with Gasteiger partial charge in [-0.2, -0.15) is 0 Å². The third-order valence-corrected chi connectivity index (χ3v) is 7.17. The summed E-state index contributed by atoms with van der Waals surface area (Å²) in [5, 5.41) is 10.8. The first-order valence-electron chi connectivity index (χ1n) is 15.6. The van der Waals surface area contributed by atoms with Crippen molar-refractivity contribution in [2.45, 2.75) is 52.4 Å². The highest BCUT2D eigenvalue weighted by atomic mass is 16.6. The van der Waals surface area contributed by atoms with E-state index in [1.54, 1.807) is 19.1 Å². The standard InChI is InChI=1S/C33H38N2O4.C5H8O2/c1-3-34(31-21-17-28(18-22-31)15-16-29-19-23-32(24-20-29)35(37)38)25-11-6-4-5-7-12-26-39-33(36)27(2)30-13-9-8-10-14-30;1-4(2)5(6)7-3/h8-10,13-24H,2-7,11-12,25-26H2,1H3;1H2,2-3H3. The van der Waals surface area contributed by atoms with E-state index in [0.29, 0.717) is 17.8 Å². The Morgan fingerprint density at radius 2 is 1.35 bits per heavy atom. The van der Waals surface area contributed by atoms with Crippen LogP contribution in [0.15, 0.2) is 97.6 Å². The molecule has 0 aromatic heterocycles. The van der Waals surface area contributed by atoms with Crippen molar-refractivity contribution in [3.05, 3.63) is 124 Å². The van der Waals surface area contributed by atoms with Gasteiger partial charge in [0, 0.05) is 36.5 Å². The normalized spacial score (nSPS) is 10.4. The van der Waals surface area contributed by atoms with Crippen molar-refractivity contribution in [2.75, 3.05) is 31.7 Å². The molecule has 8 nitrogen and oxygen atoms in total. The van der Waals surface area contributed by atoms with Crippen LogP contribution in [0.25, 0.3) is 17.7 Å². The fourth-order valence-corrected chi connectivity index (χ4v) is 4.46. The predicted molar refractivity (Wildman–Crippen MR) is 187 cm³/mol. The Hall–Kier alpha value is -4.98. The van der Waals surface area contributed by atoms with Gasteiger partial charge in [-0.25, -0.2) is 9.59 Å². The Bertz CT molecular complexity index is 1430. The van der Waals surface area contributed by atoms with Gasteiger partial charge >= 0.3 is 11.9 Å². The molecule has 0 aliphatic carbocycles. The topological polar surface area (TPSA) is 99.0 Å². The molecule has 0 spiro atoms. The fraction of sp³-hybridized carbons (Fsp3) is 0.316. The molecule has 3 aromatic rings. The van der Waals surface area contributed by atoms with E-state index in [2.05, 4.69) is 54.0 Å². The van der Waals surface area contributed by atoms with Crippen LogP contribution in [0.3, 0.4) is 0 Å². The highest BCUT2D eigenvalue weighted by Gasteiger charge is 2.10. The maximum absolute atomic E-state index is 12.1. The van der Waals surface area contributed by atoms with Crippen LogP contribution in [-0.2, 0) is 19.1 Å². The molecule has 0 saturated carbocycles. The number of nitro benzene ring substituents is 1.